The Labute approximate surface area is 310 Å². The Balaban J connectivity index is 1.91. The number of amides is 1. The molecule has 1 amide bonds. The molecule has 50 heavy (non-hydrogen) atoms. The summed E-state index contributed by atoms with van der Waals surface area (Å²) in [6, 6.07) is 15.6. The second kappa shape index (κ2) is 20.7. The quantitative estimate of drug-likeness (QED) is 0.0940. The van der Waals surface area contributed by atoms with Crippen molar-refractivity contribution < 1.29 is 9.59 Å². The molecule has 0 spiro atoms. The van der Waals surface area contributed by atoms with Gasteiger partial charge in [0.1, 0.15) is 5.82 Å². The maximum absolute atomic E-state index is 14.3. The van der Waals surface area contributed by atoms with E-state index < -0.39 is 0 Å². The van der Waals surface area contributed by atoms with Crippen molar-refractivity contribution in [1.82, 2.24) is 20.9 Å². The fourth-order valence-electron chi connectivity index (χ4n) is 6.01. The number of nitrogens with zero attached hydrogens (tertiary/aromatic N) is 1. The van der Waals surface area contributed by atoms with Gasteiger partial charge in [-0.3, -0.25) is 9.59 Å². The zero-order chi connectivity index (χ0) is 36.6. The van der Waals surface area contributed by atoms with E-state index in [1.165, 1.54) is 18.9 Å². The fourth-order valence-corrected chi connectivity index (χ4v) is 6.35. The topological polar surface area (TPSA) is 73.5 Å². The molecule has 268 valence electrons. The minimum atomic E-state index is -0.180. The molecule has 3 N–H and O–H groups in total. The van der Waals surface area contributed by atoms with Crippen LogP contribution in [0.1, 0.15) is 82.1 Å². The Morgan fingerprint density at radius 1 is 0.980 bits per heavy atom. The van der Waals surface area contributed by atoms with E-state index in [0.717, 1.165) is 62.0 Å². The molecule has 0 saturated carbocycles. The van der Waals surface area contributed by atoms with Crippen molar-refractivity contribution in [3.8, 4) is 11.1 Å². The summed E-state index contributed by atoms with van der Waals surface area (Å²) in [6.07, 6.45) is 11.0. The first-order valence-electron chi connectivity index (χ1n) is 17.8. The summed E-state index contributed by atoms with van der Waals surface area (Å²) in [7, 11) is 0. The number of hydrogen-bond donors (Lipinski definition) is 3. The molecule has 0 aliphatic carbocycles. The summed E-state index contributed by atoms with van der Waals surface area (Å²) >= 11 is 12.8. The zero-order valence-corrected chi connectivity index (χ0v) is 31.7. The number of halogens is 2. The van der Waals surface area contributed by atoms with E-state index in [9.17, 15) is 9.59 Å². The van der Waals surface area contributed by atoms with Crippen LogP contribution in [0.2, 0.25) is 0 Å². The summed E-state index contributed by atoms with van der Waals surface area (Å²) in [5.41, 5.74) is 4.75. The van der Waals surface area contributed by atoms with E-state index in [1.807, 2.05) is 48.5 Å². The maximum atomic E-state index is 14.3. The van der Waals surface area contributed by atoms with E-state index >= 15 is 0 Å². The van der Waals surface area contributed by atoms with Crippen LogP contribution in [0.3, 0.4) is 0 Å². The predicted octanol–water partition coefficient (Wildman–Crippen LogP) is 9.93. The molecule has 1 aliphatic heterocycles. The number of nitrogens with one attached hydrogen (secondary N) is 3. The normalized spacial score (nSPS) is 15.5. The average Bonchev–Trinajstić information content (AvgIpc) is 3.66. The highest BCUT2D eigenvalue weighted by Gasteiger charge is 2.27. The third-order valence-electron chi connectivity index (χ3n) is 9.20. The number of ketones is 1. The van der Waals surface area contributed by atoms with Crippen LogP contribution < -0.4 is 16.0 Å². The Morgan fingerprint density at radius 3 is 2.22 bits per heavy atom. The van der Waals surface area contributed by atoms with Crippen LogP contribution >= 0.6 is 23.2 Å². The minimum absolute atomic E-state index is 0.00558. The Hall–Kier alpha value is -3.84. The van der Waals surface area contributed by atoms with Gasteiger partial charge in [-0.05, 0) is 97.8 Å². The largest absolute Gasteiger partial charge is 0.351 e. The molecule has 1 saturated heterocycles. The number of likely N-dealkylation sites (tertiary alicyclic amines) is 1. The number of hydrogen-bond acceptors (Lipinski definition) is 5. The molecule has 8 heteroatoms. The van der Waals surface area contributed by atoms with Crippen molar-refractivity contribution in [2.45, 2.75) is 66.2 Å². The van der Waals surface area contributed by atoms with E-state index in [0.29, 0.717) is 45.0 Å². The molecule has 2 aromatic rings. The first-order chi connectivity index (χ1) is 24.0. The second-order valence-corrected chi connectivity index (χ2v) is 13.7. The molecule has 2 atom stereocenters. The lowest BCUT2D eigenvalue weighted by molar-refractivity contribution is -0.121. The summed E-state index contributed by atoms with van der Waals surface area (Å²) in [6.45, 7) is 24.1. The smallest absolute Gasteiger partial charge is 0.251 e. The van der Waals surface area contributed by atoms with Crippen molar-refractivity contribution in [1.29, 1.82) is 0 Å². The van der Waals surface area contributed by atoms with Crippen molar-refractivity contribution in [2.75, 3.05) is 26.2 Å². The first kappa shape index (κ1) is 40.6. The van der Waals surface area contributed by atoms with E-state index in [4.69, 9.17) is 23.2 Å². The number of rotatable bonds is 20. The van der Waals surface area contributed by atoms with Gasteiger partial charge in [0.05, 0.1) is 21.5 Å². The van der Waals surface area contributed by atoms with Gasteiger partial charge in [0.15, 0.2) is 5.78 Å². The maximum Gasteiger partial charge on any atom is 0.251 e. The zero-order valence-electron chi connectivity index (χ0n) is 30.2. The van der Waals surface area contributed by atoms with Gasteiger partial charge < -0.3 is 20.9 Å². The Kier molecular flexibility index (Phi) is 16.8. The molecular weight excluding hydrogens is 663 g/mol. The van der Waals surface area contributed by atoms with Gasteiger partial charge in [-0.25, -0.2) is 0 Å². The van der Waals surface area contributed by atoms with Crippen LogP contribution in [-0.2, 0) is 4.79 Å². The van der Waals surface area contributed by atoms with Gasteiger partial charge in [-0.15, -0.1) is 0 Å². The van der Waals surface area contributed by atoms with Crippen LogP contribution in [0.25, 0.3) is 16.7 Å². The number of Topliss-reactive ketones (excluding diaryl/α,β-unsaturated/α-hetero) is 1. The summed E-state index contributed by atoms with van der Waals surface area (Å²) in [5, 5.41) is 10.1. The van der Waals surface area contributed by atoms with Gasteiger partial charge in [0, 0.05) is 24.6 Å². The monoisotopic (exact) mass is 716 g/mol. The molecule has 6 nitrogen and oxygen atoms in total. The lowest BCUT2D eigenvalue weighted by atomic mass is 9.82. The van der Waals surface area contributed by atoms with Crippen LogP contribution in [0.4, 0.5) is 0 Å². The third kappa shape index (κ3) is 11.9. The van der Waals surface area contributed by atoms with Crippen molar-refractivity contribution >= 4 is 40.5 Å². The number of allylic oxidation sites excluding steroid dienone is 7. The highest BCUT2D eigenvalue weighted by atomic mass is 35.5. The van der Waals surface area contributed by atoms with Crippen LogP contribution in [-0.4, -0.2) is 42.8 Å². The highest BCUT2D eigenvalue weighted by molar-refractivity contribution is 6.36. The molecule has 2 unspecified atom stereocenters. The van der Waals surface area contributed by atoms with Gasteiger partial charge >= 0.3 is 0 Å². The van der Waals surface area contributed by atoms with Crippen molar-refractivity contribution in [2.24, 2.45) is 11.8 Å². The Morgan fingerprint density at radius 2 is 1.62 bits per heavy atom. The van der Waals surface area contributed by atoms with E-state index in [2.05, 4.69) is 61.4 Å². The standard InChI is InChI=1S/C42H54Cl2N4O2/c1-8-12-21-36(29(5)9-2)41(49)39(46-31(7)47-40(37(43)10-3)38(44)11-4)26-30(6)32-17-15-18-33(27-32)34-19-16-20-35(28-34)42(50)45-22-25-48-23-13-14-24-48/h10-11,15-20,26-29,36,46-47H,3,6-9,12-14,21-25H2,1-2,4-5H3,(H,45,50)/b38-11+,39-26+,40-37-. The van der Waals surface area contributed by atoms with Gasteiger partial charge in [-0.1, -0.05) is 119 Å². The number of carbonyl (C=O) groups is 2. The van der Waals surface area contributed by atoms with Gasteiger partial charge in [0.25, 0.3) is 5.91 Å². The van der Waals surface area contributed by atoms with Gasteiger partial charge in [0.2, 0.25) is 0 Å². The average molecular weight is 718 g/mol. The lowest BCUT2D eigenvalue weighted by Crippen LogP contribution is -2.33. The SMILES string of the molecule is C=C/C(Cl)=C(NC(=C)N/C(=C/C(=C)c1cccc(-c2cccc(C(=O)NCCN3CCCC3)c2)c1)C(=O)C(CCCC)C(C)CC)\C(Cl)=C/C. The first-order valence-corrected chi connectivity index (χ1v) is 18.5. The predicted molar refractivity (Wildman–Crippen MR) is 213 cm³/mol. The lowest BCUT2D eigenvalue weighted by Gasteiger charge is -2.25. The Bertz CT molecular complexity index is 1620. The number of benzene rings is 2. The molecule has 1 heterocycles. The highest BCUT2D eigenvalue weighted by Crippen LogP contribution is 2.29. The van der Waals surface area contributed by atoms with Crippen LogP contribution in [0, 0.1) is 11.8 Å². The molecule has 3 rings (SSSR count). The molecule has 2 aromatic carbocycles. The van der Waals surface area contributed by atoms with E-state index in [-0.39, 0.29) is 23.5 Å². The molecule has 1 aliphatic rings. The second-order valence-electron chi connectivity index (χ2n) is 12.8. The molecule has 0 radical (unpaired) electrons. The summed E-state index contributed by atoms with van der Waals surface area (Å²) < 4.78 is 0. The van der Waals surface area contributed by atoms with Crippen LogP contribution in [0.5, 0.6) is 0 Å². The van der Waals surface area contributed by atoms with Crippen molar-refractivity contribution in [3.05, 3.63) is 125 Å². The molecule has 0 aromatic heterocycles. The minimum Gasteiger partial charge on any atom is -0.351 e. The summed E-state index contributed by atoms with van der Waals surface area (Å²) in [5.74, 6) is 0.245. The number of unbranched alkanes of at least 4 members (excludes halogenated alkanes) is 1. The van der Waals surface area contributed by atoms with E-state index in [1.54, 1.807) is 19.1 Å². The summed E-state index contributed by atoms with van der Waals surface area (Å²) in [4.78, 5) is 29.7. The third-order valence-corrected chi connectivity index (χ3v) is 9.95. The fraction of sp³-hybridized carbons (Fsp3) is 0.381. The molecule has 0 bridgehead atoms. The molecule has 1 fully saturated rings. The van der Waals surface area contributed by atoms with Crippen molar-refractivity contribution in [3.63, 3.8) is 0 Å². The molecular formula is C42H54Cl2N4O2. The van der Waals surface area contributed by atoms with Gasteiger partial charge in [-0.2, -0.15) is 0 Å². The van der Waals surface area contributed by atoms with Crippen LogP contribution in [0.15, 0.2) is 114 Å². The number of carbonyl (C=O) groups excluding carboxylic acids is 2.